The summed E-state index contributed by atoms with van der Waals surface area (Å²) >= 11 is 0. The van der Waals surface area contributed by atoms with Crippen LogP contribution >= 0.6 is 12.4 Å². The van der Waals surface area contributed by atoms with E-state index in [0.717, 1.165) is 17.1 Å². The molecule has 136 valence electrons. The number of hydrogen-bond acceptors (Lipinski definition) is 5. The maximum Gasteiger partial charge on any atom is 0.240 e. The van der Waals surface area contributed by atoms with E-state index in [4.69, 9.17) is 15.2 Å². The van der Waals surface area contributed by atoms with Gasteiger partial charge in [-0.2, -0.15) is 5.10 Å². The Hall–Kier alpha value is -2.09. The fourth-order valence-corrected chi connectivity index (χ4v) is 2.64. The molecular formula is C17H23ClN4O3. The number of methoxy groups -OCH3 is 1. The van der Waals surface area contributed by atoms with Gasteiger partial charge in [0, 0.05) is 19.4 Å². The molecule has 1 aromatic carbocycles. The Morgan fingerprint density at radius 1 is 1.32 bits per heavy atom. The van der Waals surface area contributed by atoms with Gasteiger partial charge in [0.05, 0.1) is 30.6 Å². The molecule has 0 saturated carbocycles. The van der Waals surface area contributed by atoms with Crippen molar-refractivity contribution >= 4 is 18.3 Å². The van der Waals surface area contributed by atoms with Gasteiger partial charge in [0.1, 0.15) is 5.75 Å². The van der Waals surface area contributed by atoms with Gasteiger partial charge >= 0.3 is 0 Å². The number of aromatic nitrogens is 2. The van der Waals surface area contributed by atoms with E-state index >= 15 is 0 Å². The fourth-order valence-electron chi connectivity index (χ4n) is 2.64. The lowest BCUT2D eigenvalue weighted by Crippen LogP contribution is -2.56. The van der Waals surface area contributed by atoms with Crippen molar-refractivity contribution in [3.8, 4) is 11.4 Å². The SMILES string of the molecule is COc1ccc(-n2ccc(CNC(=O)C3(N)CCOCC3)n2)cc1.Cl. The third kappa shape index (κ3) is 4.50. The number of nitrogens with two attached hydrogens (primary N) is 1. The minimum Gasteiger partial charge on any atom is -0.497 e. The van der Waals surface area contributed by atoms with E-state index < -0.39 is 5.54 Å². The molecule has 0 unspecified atom stereocenters. The minimum atomic E-state index is -0.837. The van der Waals surface area contributed by atoms with E-state index in [1.54, 1.807) is 11.8 Å². The van der Waals surface area contributed by atoms with E-state index in [-0.39, 0.29) is 18.3 Å². The van der Waals surface area contributed by atoms with Gasteiger partial charge in [0.2, 0.25) is 5.91 Å². The summed E-state index contributed by atoms with van der Waals surface area (Å²) in [5, 5.41) is 7.35. The lowest BCUT2D eigenvalue weighted by Gasteiger charge is -2.31. The maximum atomic E-state index is 12.3. The van der Waals surface area contributed by atoms with E-state index in [2.05, 4.69) is 10.4 Å². The first-order valence-corrected chi connectivity index (χ1v) is 7.95. The predicted molar refractivity (Wildman–Crippen MR) is 96.2 cm³/mol. The second-order valence-corrected chi connectivity index (χ2v) is 5.90. The normalized spacial score (nSPS) is 15.9. The van der Waals surface area contributed by atoms with Gasteiger partial charge in [-0.15, -0.1) is 12.4 Å². The average molecular weight is 367 g/mol. The van der Waals surface area contributed by atoms with Crippen molar-refractivity contribution in [3.05, 3.63) is 42.2 Å². The molecule has 1 saturated heterocycles. The first-order valence-electron chi connectivity index (χ1n) is 7.95. The topological polar surface area (TPSA) is 91.4 Å². The van der Waals surface area contributed by atoms with Crippen molar-refractivity contribution in [2.24, 2.45) is 5.73 Å². The van der Waals surface area contributed by atoms with Crippen LogP contribution < -0.4 is 15.8 Å². The molecule has 3 rings (SSSR count). The first kappa shape index (κ1) is 19.2. The molecule has 0 atom stereocenters. The summed E-state index contributed by atoms with van der Waals surface area (Å²) in [5.74, 6) is 0.646. The Balaban J connectivity index is 0.00000225. The van der Waals surface area contributed by atoms with Crippen LogP contribution in [0.1, 0.15) is 18.5 Å². The second-order valence-electron chi connectivity index (χ2n) is 5.90. The highest BCUT2D eigenvalue weighted by atomic mass is 35.5. The van der Waals surface area contributed by atoms with Gasteiger partial charge in [-0.1, -0.05) is 0 Å². The number of benzene rings is 1. The van der Waals surface area contributed by atoms with Crippen LogP contribution in [-0.2, 0) is 16.1 Å². The largest absolute Gasteiger partial charge is 0.497 e. The molecule has 25 heavy (non-hydrogen) atoms. The number of rotatable bonds is 5. The summed E-state index contributed by atoms with van der Waals surface area (Å²) in [6.07, 6.45) is 2.94. The molecule has 7 nitrogen and oxygen atoms in total. The highest BCUT2D eigenvalue weighted by molar-refractivity contribution is 5.86. The third-order valence-electron chi connectivity index (χ3n) is 4.25. The molecule has 1 aromatic heterocycles. The van der Waals surface area contributed by atoms with Gasteiger partial charge in [-0.05, 0) is 43.2 Å². The van der Waals surface area contributed by atoms with Crippen molar-refractivity contribution in [2.75, 3.05) is 20.3 Å². The number of nitrogens with zero attached hydrogens (tertiary/aromatic N) is 2. The van der Waals surface area contributed by atoms with E-state index in [9.17, 15) is 4.79 Å². The van der Waals surface area contributed by atoms with Crippen LogP contribution in [0.15, 0.2) is 36.5 Å². The van der Waals surface area contributed by atoms with E-state index in [1.807, 2.05) is 36.5 Å². The Kier molecular flexibility index (Phi) is 6.41. The summed E-state index contributed by atoms with van der Waals surface area (Å²) in [6, 6.07) is 9.47. The highest BCUT2D eigenvalue weighted by Crippen LogP contribution is 2.18. The molecule has 8 heteroatoms. The number of amides is 1. The van der Waals surface area contributed by atoms with Crippen LogP contribution in [0.2, 0.25) is 0 Å². The summed E-state index contributed by atoms with van der Waals surface area (Å²) in [7, 11) is 1.63. The summed E-state index contributed by atoms with van der Waals surface area (Å²) in [4.78, 5) is 12.3. The van der Waals surface area contributed by atoms with E-state index in [0.29, 0.717) is 32.6 Å². The van der Waals surface area contributed by atoms with Gasteiger partial charge in [-0.25, -0.2) is 4.68 Å². The van der Waals surface area contributed by atoms with Crippen LogP contribution in [-0.4, -0.2) is 41.6 Å². The average Bonchev–Trinajstić information content (AvgIpc) is 3.09. The van der Waals surface area contributed by atoms with Gasteiger partial charge in [-0.3, -0.25) is 4.79 Å². The first-order chi connectivity index (χ1) is 11.6. The van der Waals surface area contributed by atoms with Crippen molar-refractivity contribution in [3.63, 3.8) is 0 Å². The molecule has 2 heterocycles. The van der Waals surface area contributed by atoms with Gasteiger partial charge in [0.15, 0.2) is 0 Å². The molecule has 1 amide bonds. The Morgan fingerprint density at radius 3 is 2.64 bits per heavy atom. The zero-order valence-corrected chi connectivity index (χ0v) is 14.9. The smallest absolute Gasteiger partial charge is 0.240 e. The Labute approximate surface area is 152 Å². The van der Waals surface area contributed by atoms with Crippen LogP contribution in [0.4, 0.5) is 0 Å². The molecule has 3 N–H and O–H groups in total. The molecule has 1 aliphatic rings. The van der Waals surface area contributed by atoms with E-state index in [1.165, 1.54) is 0 Å². The van der Waals surface area contributed by atoms with Crippen LogP contribution in [0, 0.1) is 0 Å². The van der Waals surface area contributed by atoms with Crippen molar-refractivity contribution in [2.45, 2.75) is 24.9 Å². The highest BCUT2D eigenvalue weighted by Gasteiger charge is 2.35. The molecule has 2 aromatic rings. The molecule has 0 bridgehead atoms. The molecule has 1 aliphatic heterocycles. The maximum absolute atomic E-state index is 12.3. The number of halogens is 1. The fraction of sp³-hybridized carbons (Fsp3) is 0.412. The minimum absolute atomic E-state index is 0. The standard InChI is InChI=1S/C17H22N4O3.ClH/c1-23-15-4-2-14(3-5-15)21-9-6-13(20-21)12-19-16(22)17(18)7-10-24-11-8-17;/h2-6,9H,7-8,10-12,18H2,1H3,(H,19,22);1H. The number of ether oxygens (including phenoxy) is 2. The van der Waals surface area contributed by atoms with Crippen LogP contribution in [0.3, 0.4) is 0 Å². The lowest BCUT2D eigenvalue weighted by atomic mass is 9.90. The Bertz CT molecular complexity index is 696. The number of carbonyl (C=O) groups excluding carboxylic acids is 1. The molecule has 0 spiro atoms. The zero-order chi connectivity index (χ0) is 17.0. The van der Waals surface area contributed by atoms with Crippen molar-refractivity contribution < 1.29 is 14.3 Å². The predicted octanol–water partition coefficient (Wildman–Crippen LogP) is 1.43. The molecule has 0 aliphatic carbocycles. The number of carbonyl (C=O) groups is 1. The van der Waals surface area contributed by atoms with Crippen molar-refractivity contribution in [1.82, 2.24) is 15.1 Å². The third-order valence-corrected chi connectivity index (χ3v) is 4.25. The number of nitrogens with one attached hydrogen (secondary N) is 1. The van der Waals surface area contributed by atoms with Gasteiger partial charge in [0.25, 0.3) is 0 Å². The summed E-state index contributed by atoms with van der Waals surface area (Å²) < 4.78 is 12.2. The summed E-state index contributed by atoms with van der Waals surface area (Å²) in [5.41, 5.74) is 7.02. The molecule has 1 fully saturated rings. The molecule has 0 radical (unpaired) electrons. The quantitative estimate of drug-likeness (QED) is 0.835. The number of hydrogen-bond donors (Lipinski definition) is 2. The Morgan fingerprint density at radius 2 is 2.00 bits per heavy atom. The van der Waals surface area contributed by atoms with Crippen LogP contribution in [0.5, 0.6) is 5.75 Å². The van der Waals surface area contributed by atoms with Crippen molar-refractivity contribution in [1.29, 1.82) is 0 Å². The summed E-state index contributed by atoms with van der Waals surface area (Å²) in [6.45, 7) is 1.40. The molecular weight excluding hydrogens is 344 g/mol. The monoisotopic (exact) mass is 366 g/mol. The zero-order valence-electron chi connectivity index (χ0n) is 14.1. The van der Waals surface area contributed by atoms with Gasteiger partial charge < -0.3 is 20.5 Å². The second kappa shape index (κ2) is 8.33. The lowest BCUT2D eigenvalue weighted by molar-refractivity contribution is -0.129. The van der Waals surface area contributed by atoms with Crippen LogP contribution in [0.25, 0.3) is 5.69 Å².